The number of benzene rings is 1. The number of amides is 1. The first-order chi connectivity index (χ1) is 13.1. The molecule has 0 bridgehead atoms. The fraction of sp³-hybridized carbons (Fsp3) is 0.579. The summed E-state index contributed by atoms with van der Waals surface area (Å²) in [6.07, 6.45) is 0.366. The molecule has 0 aromatic heterocycles. The standard InChI is InChI=1S/C19H28INO6S/c1-18(2,3)27-17(23)21-19(4,16(22)24-5)13-14-7-9-15(10-8-14)25-11-6-12-26-28-20/h7-10H,6,11-13H2,1-5H3,(H,21,23). The highest BCUT2D eigenvalue weighted by atomic mass is 127. The van der Waals surface area contributed by atoms with E-state index < -0.39 is 23.2 Å². The van der Waals surface area contributed by atoms with Gasteiger partial charge in [-0.2, -0.15) is 0 Å². The maximum absolute atomic E-state index is 12.3. The Labute approximate surface area is 183 Å². The molecular formula is C19H28INO6S. The van der Waals surface area contributed by atoms with E-state index in [0.29, 0.717) is 13.2 Å². The number of ether oxygens (including phenoxy) is 3. The summed E-state index contributed by atoms with van der Waals surface area (Å²) in [6, 6.07) is 7.36. The van der Waals surface area contributed by atoms with Crippen molar-refractivity contribution < 1.29 is 28.0 Å². The first-order valence-corrected chi connectivity index (χ1v) is 12.1. The van der Waals surface area contributed by atoms with E-state index >= 15 is 0 Å². The van der Waals surface area contributed by atoms with Crippen molar-refractivity contribution in [2.75, 3.05) is 20.3 Å². The molecule has 0 heterocycles. The van der Waals surface area contributed by atoms with Crippen LogP contribution >= 0.6 is 30.4 Å². The van der Waals surface area contributed by atoms with Gasteiger partial charge in [-0.1, -0.05) is 12.1 Å². The molecular weight excluding hydrogens is 497 g/mol. The molecule has 1 N–H and O–H groups in total. The number of alkyl carbamates (subject to hydrolysis) is 1. The summed E-state index contributed by atoms with van der Waals surface area (Å²) in [4.78, 5) is 24.5. The Morgan fingerprint density at radius 2 is 1.75 bits per heavy atom. The van der Waals surface area contributed by atoms with E-state index in [1.54, 1.807) is 27.7 Å². The van der Waals surface area contributed by atoms with Crippen LogP contribution in [0.4, 0.5) is 4.79 Å². The van der Waals surface area contributed by atoms with Gasteiger partial charge in [0.15, 0.2) is 0 Å². The van der Waals surface area contributed by atoms with E-state index in [1.165, 1.54) is 16.3 Å². The molecule has 1 rings (SSSR count). The molecule has 0 saturated heterocycles. The quantitative estimate of drug-likeness (QED) is 0.209. The van der Waals surface area contributed by atoms with E-state index in [0.717, 1.165) is 17.7 Å². The van der Waals surface area contributed by atoms with Crippen molar-refractivity contribution in [2.24, 2.45) is 0 Å². The number of hydrogen-bond acceptors (Lipinski definition) is 7. The summed E-state index contributed by atoms with van der Waals surface area (Å²) < 4.78 is 21.0. The minimum atomic E-state index is -1.26. The summed E-state index contributed by atoms with van der Waals surface area (Å²) in [5.41, 5.74) is -1.07. The second-order valence-corrected chi connectivity index (χ2v) is 8.80. The maximum Gasteiger partial charge on any atom is 0.408 e. The zero-order valence-corrected chi connectivity index (χ0v) is 19.8. The highest BCUT2D eigenvalue weighted by Crippen LogP contribution is 2.20. The summed E-state index contributed by atoms with van der Waals surface area (Å²) in [7, 11) is 2.59. The van der Waals surface area contributed by atoms with Gasteiger partial charge in [0.05, 0.1) is 29.5 Å². The van der Waals surface area contributed by atoms with E-state index in [9.17, 15) is 9.59 Å². The zero-order valence-electron chi connectivity index (χ0n) is 16.9. The number of nitrogens with one attached hydrogen (secondary N) is 1. The van der Waals surface area contributed by atoms with Crippen molar-refractivity contribution in [1.29, 1.82) is 0 Å². The minimum absolute atomic E-state index is 0.250. The van der Waals surface area contributed by atoms with Crippen LogP contribution in [0.1, 0.15) is 39.7 Å². The maximum atomic E-state index is 12.3. The number of rotatable bonds is 10. The topological polar surface area (TPSA) is 83.1 Å². The lowest BCUT2D eigenvalue weighted by atomic mass is 9.93. The predicted octanol–water partition coefficient (Wildman–Crippen LogP) is 4.47. The van der Waals surface area contributed by atoms with Gasteiger partial charge in [0.25, 0.3) is 0 Å². The van der Waals surface area contributed by atoms with E-state index in [1.807, 2.05) is 24.3 Å². The lowest BCUT2D eigenvalue weighted by Crippen LogP contribution is -2.55. The van der Waals surface area contributed by atoms with Crippen molar-refractivity contribution in [3.63, 3.8) is 0 Å². The van der Waals surface area contributed by atoms with Gasteiger partial charge in [-0.25, -0.2) is 9.59 Å². The third-order valence-electron chi connectivity index (χ3n) is 3.58. The highest BCUT2D eigenvalue weighted by Gasteiger charge is 2.37. The summed E-state index contributed by atoms with van der Waals surface area (Å²) in [5, 5.41) is 2.63. The Balaban J connectivity index is 2.73. The van der Waals surface area contributed by atoms with Gasteiger partial charge in [0.2, 0.25) is 0 Å². The number of hydrogen-bond donors (Lipinski definition) is 1. The van der Waals surface area contributed by atoms with Crippen LogP contribution in [0.25, 0.3) is 0 Å². The Kier molecular flexibility index (Phi) is 10.4. The monoisotopic (exact) mass is 525 g/mol. The van der Waals surface area contributed by atoms with Crippen molar-refractivity contribution >= 4 is 42.5 Å². The average molecular weight is 525 g/mol. The minimum Gasteiger partial charge on any atom is -0.494 e. The third kappa shape index (κ3) is 9.33. The average Bonchev–Trinajstić information content (AvgIpc) is 2.60. The van der Waals surface area contributed by atoms with Crippen LogP contribution in [-0.4, -0.2) is 43.5 Å². The Morgan fingerprint density at radius 1 is 1.11 bits per heavy atom. The molecule has 1 aromatic rings. The molecule has 7 nitrogen and oxygen atoms in total. The van der Waals surface area contributed by atoms with Crippen molar-refractivity contribution in [1.82, 2.24) is 5.32 Å². The lowest BCUT2D eigenvalue weighted by Gasteiger charge is -2.29. The summed E-state index contributed by atoms with van der Waals surface area (Å²) in [6.45, 7) is 8.06. The van der Waals surface area contributed by atoms with Gasteiger partial charge in [-0.15, -0.1) is 0 Å². The Hall–Kier alpha value is -1.20. The van der Waals surface area contributed by atoms with Gasteiger partial charge in [-0.3, -0.25) is 0 Å². The fourth-order valence-electron chi connectivity index (χ4n) is 2.37. The van der Waals surface area contributed by atoms with Crippen LogP contribution in [-0.2, 0) is 24.9 Å². The van der Waals surface area contributed by atoms with Crippen molar-refractivity contribution in [3.8, 4) is 5.75 Å². The molecule has 158 valence electrons. The molecule has 0 aliphatic heterocycles. The summed E-state index contributed by atoms with van der Waals surface area (Å²) >= 11 is 2.07. The highest BCUT2D eigenvalue weighted by molar-refractivity contribution is 14.2. The van der Waals surface area contributed by atoms with Crippen LogP contribution in [0.15, 0.2) is 24.3 Å². The molecule has 0 aliphatic rings. The molecule has 0 spiro atoms. The van der Waals surface area contributed by atoms with Crippen LogP contribution in [0, 0.1) is 0 Å². The molecule has 1 atom stereocenters. The molecule has 0 fully saturated rings. The number of methoxy groups -OCH3 is 1. The molecule has 9 heteroatoms. The van der Waals surface area contributed by atoms with Crippen molar-refractivity contribution in [3.05, 3.63) is 29.8 Å². The van der Waals surface area contributed by atoms with Crippen molar-refractivity contribution in [2.45, 2.75) is 51.7 Å². The fourth-order valence-corrected chi connectivity index (χ4v) is 3.09. The number of carbonyl (C=O) groups excluding carboxylic acids is 2. The SMILES string of the molecule is COC(=O)C(C)(Cc1ccc(OCCCOSI)cc1)NC(=O)OC(C)(C)C. The zero-order chi connectivity index (χ0) is 21.2. The van der Waals surface area contributed by atoms with E-state index in [-0.39, 0.29) is 6.42 Å². The number of halogens is 1. The van der Waals surface area contributed by atoms with E-state index in [4.69, 9.17) is 18.4 Å². The molecule has 0 saturated carbocycles. The lowest BCUT2D eigenvalue weighted by molar-refractivity contribution is -0.147. The van der Waals surface area contributed by atoms with E-state index in [2.05, 4.69) is 26.5 Å². The smallest absolute Gasteiger partial charge is 0.408 e. The summed E-state index contributed by atoms with van der Waals surface area (Å²) in [5.74, 6) is 0.178. The first-order valence-electron chi connectivity index (χ1n) is 8.81. The molecule has 28 heavy (non-hydrogen) atoms. The molecule has 1 amide bonds. The van der Waals surface area contributed by atoms with Gasteiger partial charge >= 0.3 is 12.1 Å². The van der Waals surface area contributed by atoms with Crippen LogP contribution in [0.3, 0.4) is 0 Å². The second-order valence-electron chi connectivity index (χ2n) is 7.36. The van der Waals surface area contributed by atoms with Crippen LogP contribution in [0.5, 0.6) is 5.75 Å². The second kappa shape index (κ2) is 11.7. The van der Waals surface area contributed by atoms with Gasteiger partial charge in [0, 0.05) is 34.0 Å². The Morgan fingerprint density at radius 3 is 2.29 bits per heavy atom. The Bertz CT molecular complexity index is 634. The largest absolute Gasteiger partial charge is 0.494 e. The molecule has 0 aliphatic carbocycles. The predicted molar refractivity (Wildman–Crippen MR) is 118 cm³/mol. The third-order valence-corrected chi connectivity index (χ3v) is 4.60. The van der Waals surface area contributed by atoms with Gasteiger partial charge in [0.1, 0.15) is 16.9 Å². The number of carbonyl (C=O) groups is 2. The van der Waals surface area contributed by atoms with Crippen LogP contribution in [0.2, 0.25) is 0 Å². The molecule has 0 radical (unpaired) electrons. The van der Waals surface area contributed by atoms with Crippen LogP contribution < -0.4 is 10.1 Å². The number of esters is 1. The normalized spacial score (nSPS) is 13.4. The molecule has 1 aromatic carbocycles. The molecule has 1 unspecified atom stereocenters. The van der Waals surface area contributed by atoms with Gasteiger partial charge < -0.3 is 23.7 Å². The first kappa shape index (κ1) is 24.8. The van der Waals surface area contributed by atoms with Gasteiger partial charge in [-0.05, 0) is 45.4 Å².